The van der Waals surface area contributed by atoms with Crippen molar-refractivity contribution in [2.75, 3.05) is 0 Å². The second kappa shape index (κ2) is 3.75. The summed E-state index contributed by atoms with van der Waals surface area (Å²) >= 11 is 2.34. The Bertz CT molecular complexity index is 283. The van der Waals surface area contributed by atoms with Gasteiger partial charge in [0, 0.05) is 0 Å². The summed E-state index contributed by atoms with van der Waals surface area (Å²) in [5.74, 6) is 0.815. The van der Waals surface area contributed by atoms with Gasteiger partial charge in [0.2, 0.25) is 0 Å². The molecule has 0 saturated carbocycles. The van der Waals surface area contributed by atoms with E-state index in [0.717, 1.165) is 5.92 Å². The van der Waals surface area contributed by atoms with E-state index in [1.807, 2.05) is 0 Å². The van der Waals surface area contributed by atoms with Crippen molar-refractivity contribution in [2.24, 2.45) is 5.92 Å². The van der Waals surface area contributed by atoms with Gasteiger partial charge in [-0.05, 0) is 0 Å². The average Bonchev–Trinajstić information content (AvgIpc) is 2.41. The monoisotopic (exact) mass is 209 g/mol. The van der Waals surface area contributed by atoms with Crippen LogP contribution in [0.3, 0.4) is 0 Å². The molecule has 0 aliphatic heterocycles. The van der Waals surface area contributed by atoms with Crippen LogP contribution in [0.5, 0.6) is 0 Å². The van der Waals surface area contributed by atoms with E-state index in [4.69, 9.17) is 0 Å². The van der Waals surface area contributed by atoms with Crippen LogP contribution >= 0.6 is 0 Å². The van der Waals surface area contributed by atoms with Crippen LogP contribution in [-0.4, -0.2) is 0 Å². The van der Waals surface area contributed by atoms with Gasteiger partial charge >= 0.3 is 92.9 Å². The second-order valence-electron chi connectivity index (χ2n) is 4.21. The van der Waals surface area contributed by atoms with Crippen LogP contribution in [0, 0.1) is 5.92 Å². The summed E-state index contributed by atoms with van der Waals surface area (Å²) in [6.07, 6.45) is 6.88. The van der Waals surface area contributed by atoms with Crippen molar-refractivity contribution in [2.45, 2.75) is 46.0 Å². The minimum absolute atomic E-state index is 0.815. The number of hydrogen-bond donors (Lipinski definition) is 0. The minimum atomic E-state index is 0.815. The molecule has 0 aromatic carbocycles. The Kier molecular flexibility index (Phi) is 2.81. The van der Waals surface area contributed by atoms with Crippen molar-refractivity contribution >= 4 is 0 Å². The summed E-state index contributed by atoms with van der Waals surface area (Å²) in [6, 6.07) is 0. The zero-order valence-electron chi connectivity index (χ0n) is 8.61. The molecule has 2 aliphatic rings. The van der Waals surface area contributed by atoms with Gasteiger partial charge < -0.3 is 0 Å². The number of hydrogen-bond acceptors (Lipinski definition) is 0. The Hall–Kier alpha value is 0.194. The molecule has 2 rings (SSSR count). The van der Waals surface area contributed by atoms with E-state index < -0.39 is 0 Å². The molecule has 0 N–H and O–H groups in total. The molecule has 1 unspecified atom stereocenters. The molecular formula is C12H17Ti. The molecule has 0 saturated heterocycles. The van der Waals surface area contributed by atoms with Crippen molar-refractivity contribution in [1.82, 2.24) is 0 Å². The summed E-state index contributed by atoms with van der Waals surface area (Å²) < 4.78 is 1.66. The Labute approximate surface area is 92.9 Å². The third-order valence-corrected chi connectivity index (χ3v) is 4.67. The quantitative estimate of drug-likeness (QED) is 0.577. The first-order chi connectivity index (χ1) is 6.25. The Morgan fingerprint density at radius 1 is 1.31 bits per heavy atom. The molecule has 0 amide bonds. The predicted molar refractivity (Wildman–Crippen MR) is 52.0 cm³/mol. The molecule has 1 atom stereocenters. The second-order valence-corrected chi connectivity index (χ2v) is 5.05. The van der Waals surface area contributed by atoms with Crippen LogP contribution < -0.4 is 0 Å². The molecule has 0 radical (unpaired) electrons. The maximum atomic E-state index is 2.34. The molecule has 13 heavy (non-hydrogen) atoms. The van der Waals surface area contributed by atoms with E-state index in [1.165, 1.54) is 32.1 Å². The van der Waals surface area contributed by atoms with E-state index in [-0.39, 0.29) is 0 Å². The molecule has 0 aromatic heterocycles. The zero-order valence-corrected chi connectivity index (χ0v) is 10.2. The van der Waals surface area contributed by atoms with Crippen LogP contribution in [0.25, 0.3) is 0 Å². The van der Waals surface area contributed by atoms with E-state index >= 15 is 0 Å². The van der Waals surface area contributed by atoms with Crippen LogP contribution in [0.2, 0.25) is 0 Å². The molecule has 0 nitrogen and oxygen atoms in total. The van der Waals surface area contributed by atoms with Gasteiger partial charge in [-0.3, -0.25) is 0 Å². The third-order valence-electron chi connectivity index (χ3n) is 3.54. The van der Waals surface area contributed by atoms with Crippen molar-refractivity contribution in [3.8, 4) is 0 Å². The van der Waals surface area contributed by atoms with Gasteiger partial charge in [0.05, 0.1) is 0 Å². The molecule has 0 heterocycles. The summed E-state index contributed by atoms with van der Waals surface area (Å²) in [4.78, 5) is 0. The van der Waals surface area contributed by atoms with Crippen molar-refractivity contribution in [1.29, 1.82) is 0 Å². The van der Waals surface area contributed by atoms with E-state index in [1.54, 1.807) is 20.6 Å². The molecule has 0 spiro atoms. The fourth-order valence-electron chi connectivity index (χ4n) is 2.79. The third kappa shape index (κ3) is 1.49. The Morgan fingerprint density at radius 3 is 2.69 bits per heavy atom. The van der Waals surface area contributed by atoms with Gasteiger partial charge in [-0.1, -0.05) is 0 Å². The van der Waals surface area contributed by atoms with Crippen LogP contribution in [-0.2, 0) is 20.4 Å². The van der Waals surface area contributed by atoms with Crippen LogP contribution in [0.4, 0.5) is 0 Å². The number of allylic oxidation sites excluding steroid dienone is 4. The van der Waals surface area contributed by atoms with E-state index in [9.17, 15) is 0 Å². The number of rotatable bonds is 1. The van der Waals surface area contributed by atoms with Gasteiger partial charge in [-0.2, -0.15) is 0 Å². The SMILES string of the molecule is CCC1[C]([Ti])=C(C)C2=C1CCCC2. The van der Waals surface area contributed by atoms with Crippen molar-refractivity contribution in [3.63, 3.8) is 0 Å². The van der Waals surface area contributed by atoms with Crippen molar-refractivity contribution in [3.05, 3.63) is 20.6 Å². The molecule has 2 aliphatic carbocycles. The van der Waals surface area contributed by atoms with E-state index in [0.29, 0.717) is 0 Å². The first-order valence-electron chi connectivity index (χ1n) is 5.40. The normalized spacial score (nSPS) is 28.2. The van der Waals surface area contributed by atoms with Gasteiger partial charge in [0.15, 0.2) is 0 Å². The molecule has 69 valence electrons. The van der Waals surface area contributed by atoms with Crippen LogP contribution in [0.15, 0.2) is 20.6 Å². The molecule has 1 heteroatoms. The molecule has 0 fully saturated rings. The fraction of sp³-hybridized carbons (Fsp3) is 0.667. The van der Waals surface area contributed by atoms with Crippen LogP contribution in [0.1, 0.15) is 46.0 Å². The molecular weight excluding hydrogens is 192 g/mol. The van der Waals surface area contributed by atoms with Crippen molar-refractivity contribution < 1.29 is 20.4 Å². The summed E-state index contributed by atoms with van der Waals surface area (Å²) in [5, 5.41) is 0. The summed E-state index contributed by atoms with van der Waals surface area (Å²) in [7, 11) is 0. The standard InChI is InChI=1S/C12H17.Ti/c1-3-10-8-9(2)11-6-4-5-7-12(10)11;/h10H,3-7H2,1-2H3;. The Morgan fingerprint density at radius 2 is 2.00 bits per heavy atom. The van der Waals surface area contributed by atoms with E-state index in [2.05, 4.69) is 34.3 Å². The first-order valence-corrected chi connectivity index (χ1v) is 6.18. The topological polar surface area (TPSA) is 0 Å². The molecule has 0 bridgehead atoms. The van der Waals surface area contributed by atoms with Gasteiger partial charge in [-0.25, -0.2) is 0 Å². The Balaban J connectivity index is 2.37. The summed E-state index contributed by atoms with van der Waals surface area (Å²) in [5.41, 5.74) is 5.15. The zero-order chi connectivity index (χ0) is 9.42. The molecule has 0 aromatic rings. The van der Waals surface area contributed by atoms with Gasteiger partial charge in [0.1, 0.15) is 0 Å². The average molecular weight is 209 g/mol. The van der Waals surface area contributed by atoms with Gasteiger partial charge in [-0.15, -0.1) is 0 Å². The van der Waals surface area contributed by atoms with Gasteiger partial charge in [0.25, 0.3) is 0 Å². The predicted octanol–water partition coefficient (Wildman–Crippen LogP) is 3.72. The summed E-state index contributed by atoms with van der Waals surface area (Å²) in [6.45, 7) is 4.65. The maximum absolute atomic E-state index is 2.34. The first kappa shape index (κ1) is 9.74. The fourth-order valence-corrected chi connectivity index (χ4v) is 3.62.